The van der Waals surface area contributed by atoms with E-state index in [4.69, 9.17) is 28.7 Å². The summed E-state index contributed by atoms with van der Waals surface area (Å²) in [4.78, 5) is 50.9. The Kier molecular flexibility index (Phi) is 13.5. The molecule has 0 aromatic heterocycles. The molecule has 13 N–H and O–H groups in total. The Morgan fingerprint density at radius 1 is 0.867 bits per heavy atom. The number of primary amides is 1. The van der Waals surface area contributed by atoms with Crippen molar-refractivity contribution in [1.29, 1.82) is 0 Å². The molecule has 0 aromatic carbocycles. The highest BCUT2D eigenvalue weighted by Gasteiger charge is 2.27. The molecular formula is C17H34N8O5. The Bertz CT molecular complexity index is 609. The Morgan fingerprint density at radius 2 is 1.50 bits per heavy atom. The number of amides is 3. The van der Waals surface area contributed by atoms with E-state index in [1.807, 2.05) is 0 Å². The lowest BCUT2D eigenvalue weighted by atomic mass is 10.1. The second-order valence-electron chi connectivity index (χ2n) is 6.81. The molecular weight excluding hydrogens is 396 g/mol. The number of carbonyl (C=O) groups is 4. The molecule has 0 spiro atoms. The number of carbonyl (C=O) groups excluding carboxylic acids is 3. The third-order valence-corrected chi connectivity index (χ3v) is 4.18. The van der Waals surface area contributed by atoms with Gasteiger partial charge in [0, 0.05) is 13.0 Å². The van der Waals surface area contributed by atoms with E-state index >= 15 is 0 Å². The van der Waals surface area contributed by atoms with Gasteiger partial charge in [-0.1, -0.05) is 0 Å². The molecule has 0 aliphatic rings. The number of rotatable bonds is 16. The number of hydrogen-bond acceptors (Lipinski definition) is 7. The van der Waals surface area contributed by atoms with Crippen LogP contribution in [-0.2, 0) is 19.2 Å². The summed E-state index contributed by atoms with van der Waals surface area (Å²) in [7, 11) is 0. The lowest BCUT2D eigenvalue weighted by molar-refractivity contribution is -0.142. The average molecular weight is 431 g/mol. The third-order valence-electron chi connectivity index (χ3n) is 4.18. The fourth-order valence-corrected chi connectivity index (χ4v) is 2.51. The number of carboxylic acid groups (broad SMARTS) is 1. The highest BCUT2D eigenvalue weighted by Crippen LogP contribution is 2.05. The first-order chi connectivity index (χ1) is 14.1. The Balaban J connectivity index is 4.94. The largest absolute Gasteiger partial charge is 0.480 e. The fourth-order valence-electron chi connectivity index (χ4n) is 2.51. The first-order valence-corrected chi connectivity index (χ1v) is 9.71. The first kappa shape index (κ1) is 27.1. The van der Waals surface area contributed by atoms with Crippen LogP contribution in [0, 0.1) is 0 Å². The Morgan fingerprint density at radius 3 is 2.03 bits per heavy atom. The quantitative estimate of drug-likeness (QED) is 0.0696. The molecule has 13 heteroatoms. The van der Waals surface area contributed by atoms with Crippen LogP contribution in [0.1, 0.15) is 44.9 Å². The minimum absolute atomic E-state index is 0.0611. The summed E-state index contributed by atoms with van der Waals surface area (Å²) in [6.45, 7) is 0.715. The molecule has 0 unspecified atom stereocenters. The molecule has 0 aliphatic carbocycles. The maximum Gasteiger partial charge on any atom is 0.326 e. The van der Waals surface area contributed by atoms with Crippen LogP contribution >= 0.6 is 0 Å². The molecule has 0 rings (SSSR count). The van der Waals surface area contributed by atoms with E-state index in [1.165, 1.54) is 0 Å². The molecule has 13 nitrogen and oxygen atoms in total. The highest BCUT2D eigenvalue weighted by molar-refractivity contribution is 5.91. The molecule has 3 atom stereocenters. The number of unbranched alkanes of at least 4 members (excludes halogenated alkanes) is 1. The second-order valence-corrected chi connectivity index (χ2v) is 6.81. The van der Waals surface area contributed by atoms with Gasteiger partial charge < -0.3 is 44.4 Å². The summed E-state index contributed by atoms with van der Waals surface area (Å²) in [6, 6.07) is -3.20. The second kappa shape index (κ2) is 15.0. The van der Waals surface area contributed by atoms with Gasteiger partial charge in [0.1, 0.15) is 12.1 Å². The van der Waals surface area contributed by atoms with Crippen molar-refractivity contribution < 1.29 is 24.3 Å². The monoisotopic (exact) mass is 430 g/mol. The maximum atomic E-state index is 12.6. The fraction of sp³-hybridized carbons (Fsp3) is 0.706. The highest BCUT2D eigenvalue weighted by atomic mass is 16.4. The lowest BCUT2D eigenvalue weighted by Crippen LogP contribution is -2.54. The molecule has 0 saturated carbocycles. The van der Waals surface area contributed by atoms with Gasteiger partial charge in [-0.05, 0) is 45.1 Å². The molecule has 0 fully saturated rings. The lowest BCUT2D eigenvalue weighted by Gasteiger charge is -2.23. The van der Waals surface area contributed by atoms with Crippen molar-refractivity contribution in [3.05, 3.63) is 0 Å². The van der Waals surface area contributed by atoms with Gasteiger partial charge in [-0.2, -0.15) is 0 Å². The molecule has 30 heavy (non-hydrogen) atoms. The van der Waals surface area contributed by atoms with Crippen molar-refractivity contribution in [3.63, 3.8) is 0 Å². The number of aliphatic carboxylic acids is 1. The van der Waals surface area contributed by atoms with Crippen LogP contribution in [0.4, 0.5) is 0 Å². The molecule has 0 heterocycles. The zero-order valence-corrected chi connectivity index (χ0v) is 17.0. The van der Waals surface area contributed by atoms with Gasteiger partial charge in [-0.3, -0.25) is 19.4 Å². The molecule has 0 aromatic rings. The number of nitrogens with one attached hydrogen (secondary N) is 2. The van der Waals surface area contributed by atoms with E-state index in [9.17, 15) is 24.3 Å². The zero-order valence-electron chi connectivity index (χ0n) is 17.0. The number of guanidine groups is 1. The molecule has 3 amide bonds. The van der Waals surface area contributed by atoms with E-state index in [-0.39, 0.29) is 31.6 Å². The Hall–Kier alpha value is -2.93. The zero-order chi connectivity index (χ0) is 23.1. The minimum atomic E-state index is -1.31. The smallest absolute Gasteiger partial charge is 0.326 e. The van der Waals surface area contributed by atoms with Gasteiger partial charge >= 0.3 is 5.97 Å². The minimum Gasteiger partial charge on any atom is -0.480 e. The predicted molar refractivity (Wildman–Crippen MR) is 111 cm³/mol. The van der Waals surface area contributed by atoms with Crippen molar-refractivity contribution in [1.82, 2.24) is 10.6 Å². The van der Waals surface area contributed by atoms with Crippen LogP contribution in [0.5, 0.6) is 0 Å². The van der Waals surface area contributed by atoms with Crippen molar-refractivity contribution in [3.8, 4) is 0 Å². The number of nitrogens with zero attached hydrogens (tertiary/aromatic N) is 1. The number of aliphatic imine (C=N–C) groups is 1. The summed E-state index contributed by atoms with van der Waals surface area (Å²) < 4.78 is 0. The van der Waals surface area contributed by atoms with E-state index < -0.39 is 41.8 Å². The number of hydrogen-bond donors (Lipinski definition) is 8. The standard InChI is InChI=1S/C17H34N8O5/c18-8-2-1-5-11(15(28)25-12(16(29)30)6-7-13(20)26)24-14(27)10(19)4-3-9-23-17(21)22/h10-12H,1-9,18-19H2,(H2,20,26)(H,24,27)(H,25,28)(H,29,30)(H4,21,22,23)/t10-,11-,12-/m0/s1. The SMILES string of the molecule is NCCCC[C@H](NC(=O)[C@@H](N)CCCN=C(N)N)C(=O)N[C@@H](CCC(N)=O)C(=O)O. The van der Waals surface area contributed by atoms with Gasteiger partial charge in [0.05, 0.1) is 6.04 Å². The summed E-state index contributed by atoms with van der Waals surface area (Å²) in [5.74, 6) is -3.31. The summed E-state index contributed by atoms with van der Waals surface area (Å²) in [5, 5.41) is 14.1. The van der Waals surface area contributed by atoms with Crippen LogP contribution in [0.2, 0.25) is 0 Å². The first-order valence-electron chi connectivity index (χ1n) is 9.71. The number of carboxylic acids is 1. The summed E-state index contributed by atoms with van der Waals surface area (Å²) in [6.07, 6.45) is 1.78. The van der Waals surface area contributed by atoms with Crippen molar-refractivity contribution in [2.45, 2.75) is 63.1 Å². The molecule has 0 saturated heterocycles. The van der Waals surface area contributed by atoms with Gasteiger partial charge in [0.25, 0.3) is 0 Å². The normalized spacial score (nSPS) is 13.5. The summed E-state index contributed by atoms with van der Waals surface area (Å²) in [5.41, 5.74) is 26.8. The van der Waals surface area contributed by atoms with Crippen molar-refractivity contribution >= 4 is 29.7 Å². The van der Waals surface area contributed by atoms with E-state index in [0.29, 0.717) is 32.4 Å². The van der Waals surface area contributed by atoms with Gasteiger partial charge in [0.2, 0.25) is 17.7 Å². The Labute approximate surface area is 175 Å². The third kappa shape index (κ3) is 12.5. The van der Waals surface area contributed by atoms with Crippen LogP contribution in [0.15, 0.2) is 4.99 Å². The van der Waals surface area contributed by atoms with E-state index in [2.05, 4.69) is 15.6 Å². The van der Waals surface area contributed by atoms with Crippen molar-refractivity contribution in [2.75, 3.05) is 13.1 Å². The van der Waals surface area contributed by atoms with Gasteiger partial charge in [-0.15, -0.1) is 0 Å². The molecule has 172 valence electrons. The van der Waals surface area contributed by atoms with Gasteiger partial charge in [0.15, 0.2) is 5.96 Å². The predicted octanol–water partition coefficient (Wildman–Crippen LogP) is -3.18. The van der Waals surface area contributed by atoms with E-state index in [0.717, 1.165) is 0 Å². The molecule has 0 aliphatic heterocycles. The van der Waals surface area contributed by atoms with Crippen LogP contribution in [0.3, 0.4) is 0 Å². The van der Waals surface area contributed by atoms with Gasteiger partial charge in [-0.25, -0.2) is 4.79 Å². The molecule has 0 bridgehead atoms. The summed E-state index contributed by atoms with van der Waals surface area (Å²) >= 11 is 0. The van der Waals surface area contributed by atoms with Crippen LogP contribution in [0.25, 0.3) is 0 Å². The average Bonchev–Trinajstić information content (AvgIpc) is 2.66. The van der Waals surface area contributed by atoms with Crippen molar-refractivity contribution in [2.24, 2.45) is 33.7 Å². The van der Waals surface area contributed by atoms with E-state index in [1.54, 1.807) is 0 Å². The topological polar surface area (TPSA) is 255 Å². The number of nitrogens with two attached hydrogens (primary N) is 5. The maximum absolute atomic E-state index is 12.6. The van der Waals surface area contributed by atoms with Crippen LogP contribution < -0.4 is 39.3 Å². The van der Waals surface area contributed by atoms with Crippen LogP contribution in [-0.4, -0.2) is 66.0 Å². The molecule has 0 radical (unpaired) electrons.